The Kier molecular flexibility index (Phi) is 6.28. The summed E-state index contributed by atoms with van der Waals surface area (Å²) < 4.78 is 0. The maximum absolute atomic E-state index is 12.0. The number of rotatable bonds is 5. The van der Waals surface area contributed by atoms with Gasteiger partial charge in [-0.25, -0.2) is 0 Å². The van der Waals surface area contributed by atoms with Crippen LogP contribution in [0.4, 0.5) is 5.69 Å². The van der Waals surface area contributed by atoms with E-state index in [0.29, 0.717) is 22.3 Å². The molecule has 5 rings (SSSR count). The molecule has 0 radical (unpaired) electrons. The van der Waals surface area contributed by atoms with E-state index < -0.39 is 0 Å². The molecule has 5 aromatic rings. The van der Waals surface area contributed by atoms with Gasteiger partial charge >= 0.3 is 0 Å². The summed E-state index contributed by atoms with van der Waals surface area (Å²) in [6, 6.07) is 39.6. The number of benzene rings is 5. The molecule has 0 aliphatic rings. The molecule has 0 saturated heterocycles. The van der Waals surface area contributed by atoms with Crippen LogP contribution in [0.3, 0.4) is 0 Å². The molecule has 0 aromatic heterocycles. The van der Waals surface area contributed by atoms with E-state index in [1.807, 2.05) is 78.9 Å². The zero-order valence-electron chi connectivity index (χ0n) is 19.6. The van der Waals surface area contributed by atoms with Crippen LogP contribution in [0, 0.1) is 32.8 Å². The first-order chi connectivity index (χ1) is 18.1. The van der Waals surface area contributed by atoms with Crippen molar-refractivity contribution in [2.75, 3.05) is 0 Å². The Bertz CT molecular complexity index is 1620. The molecule has 0 heterocycles. The van der Waals surface area contributed by atoms with E-state index >= 15 is 0 Å². The highest BCUT2D eigenvalue weighted by Crippen LogP contribution is 2.38. The number of nitro benzene ring substituents is 1. The summed E-state index contributed by atoms with van der Waals surface area (Å²) in [6.07, 6.45) is 0. The van der Waals surface area contributed by atoms with Crippen LogP contribution >= 0.6 is 0 Å². The van der Waals surface area contributed by atoms with Gasteiger partial charge in [-0.2, -0.15) is 10.5 Å². The predicted octanol–water partition coefficient (Wildman–Crippen LogP) is 8.01. The number of hydrogen-bond donors (Lipinski definition) is 0. The molecule has 0 amide bonds. The molecule has 0 aliphatic heterocycles. The van der Waals surface area contributed by atoms with Crippen LogP contribution in [-0.4, -0.2) is 4.92 Å². The van der Waals surface area contributed by atoms with E-state index in [4.69, 9.17) is 0 Å². The molecule has 0 aliphatic carbocycles. The lowest BCUT2D eigenvalue weighted by molar-refractivity contribution is -0.384. The summed E-state index contributed by atoms with van der Waals surface area (Å²) in [5, 5.41) is 30.4. The average Bonchev–Trinajstić information content (AvgIpc) is 2.97. The van der Waals surface area contributed by atoms with E-state index in [0.717, 1.165) is 33.4 Å². The van der Waals surface area contributed by atoms with Crippen LogP contribution < -0.4 is 0 Å². The molecule has 0 fully saturated rings. The van der Waals surface area contributed by atoms with Gasteiger partial charge in [-0.15, -0.1) is 0 Å². The number of nitro groups is 1. The summed E-state index contributed by atoms with van der Waals surface area (Å²) in [5.74, 6) is 0. The van der Waals surface area contributed by atoms with Gasteiger partial charge in [-0.1, -0.05) is 54.6 Å². The van der Waals surface area contributed by atoms with Gasteiger partial charge in [-0.05, 0) is 93.5 Å². The predicted molar refractivity (Wildman–Crippen MR) is 144 cm³/mol. The Hall–Kier alpha value is -5.52. The monoisotopic (exact) mass is 477 g/mol. The van der Waals surface area contributed by atoms with Gasteiger partial charge in [0.2, 0.25) is 0 Å². The second-order valence-electron chi connectivity index (χ2n) is 8.53. The highest BCUT2D eigenvalue weighted by molar-refractivity contribution is 5.86. The van der Waals surface area contributed by atoms with E-state index in [-0.39, 0.29) is 10.6 Å². The molecule has 0 unspecified atom stereocenters. The molecule has 5 aromatic carbocycles. The van der Waals surface area contributed by atoms with Crippen LogP contribution in [0.15, 0.2) is 115 Å². The highest BCUT2D eigenvalue weighted by atomic mass is 16.6. The van der Waals surface area contributed by atoms with Crippen LogP contribution in [-0.2, 0) is 0 Å². The van der Waals surface area contributed by atoms with Crippen molar-refractivity contribution >= 4 is 5.69 Å². The fourth-order valence-corrected chi connectivity index (χ4v) is 4.33. The molecule has 174 valence electrons. The lowest BCUT2D eigenvalue weighted by atomic mass is 9.91. The zero-order valence-corrected chi connectivity index (χ0v) is 19.6. The van der Waals surface area contributed by atoms with Crippen molar-refractivity contribution in [3.63, 3.8) is 0 Å². The van der Waals surface area contributed by atoms with Gasteiger partial charge in [-0.3, -0.25) is 10.1 Å². The van der Waals surface area contributed by atoms with Crippen LogP contribution in [0.1, 0.15) is 11.1 Å². The first kappa shape index (κ1) is 23.2. The van der Waals surface area contributed by atoms with E-state index in [1.54, 1.807) is 36.4 Å². The number of nitriles is 2. The van der Waals surface area contributed by atoms with Crippen molar-refractivity contribution in [2.45, 2.75) is 0 Å². The van der Waals surface area contributed by atoms with Crippen molar-refractivity contribution in [1.82, 2.24) is 0 Å². The van der Waals surface area contributed by atoms with Gasteiger partial charge in [0.15, 0.2) is 0 Å². The Morgan fingerprint density at radius 1 is 0.514 bits per heavy atom. The lowest BCUT2D eigenvalue weighted by Gasteiger charge is -2.13. The minimum atomic E-state index is -0.361. The fraction of sp³-hybridized carbons (Fsp3) is 0. The van der Waals surface area contributed by atoms with E-state index in [1.165, 1.54) is 0 Å². The van der Waals surface area contributed by atoms with Gasteiger partial charge in [0.25, 0.3) is 5.69 Å². The number of nitrogens with zero attached hydrogens (tertiary/aromatic N) is 3. The molecule has 0 bridgehead atoms. The molecule has 37 heavy (non-hydrogen) atoms. The summed E-state index contributed by atoms with van der Waals surface area (Å²) in [5.41, 5.74) is 7.68. The van der Waals surface area contributed by atoms with Crippen molar-refractivity contribution < 1.29 is 4.92 Å². The Morgan fingerprint density at radius 3 is 1.46 bits per heavy atom. The quantitative estimate of drug-likeness (QED) is 0.189. The third kappa shape index (κ3) is 4.84. The van der Waals surface area contributed by atoms with Crippen molar-refractivity contribution in [2.24, 2.45) is 0 Å². The van der Waals surface area contributed by atoms with Crippen LogP contribution in [0.2, 0.25) is 0 Å². The summed E-state index contributed by atoms with van der Waals surface area (Å²) in [4.78, 5) is 11.7. The SMILES string of the molecule is N#Cc1ccc(-c2cc(-c3ccc(C#N)cc3)cc(-c3cc(-c4ccccc4)ccc3[N+](=O)[O-])c2)cc1. The Balaban J connectivity index is 1.74. The molecule has 0 spiro atoms. The molecular weight excluding hydrogens is 458 g/mol. The van der Waals surface area contributed by atoms with Gasteiger partial charge < -0.3 is 0 Å². The van der Waals surface area contributed by atoms with Crippen molar-refractivity contribution in [1.29, 1.82) is 10.5 Å². The van der Waals surface area contributed by atoms with Gasteiger partial charge in [0.1, 0.15) is 0 Å². The standard InChI is InChI=1S/C32H19N3O2/c33-20-22-6-10-25(11-7-22)28-16-29(26-12-8-23(21-34)9-13-26)18-30(17-28)31-19-27(14-15-32(31)35(36)37)24-4-2-1-3-5-24/h1-19H. The first-order valence-corrected chi connectivity index (χ1v) is 11.6. The largest absolute Gasteiger partial charge is 0.277 e. The fourth-order valence-electron chi connectivity index (χ4n) is 4.33. The molecule has 0 saturated carbocycles. The average molecular weight is 478 g/mol. The minimum absolute atomic E-state index is 0.0161. The minimum Gasteiger partial charge on any atom is -0.258 e. The molecule has 5 nitrogen and oxygen atoms in total. The highest BCUT2D eigenvalue weighted by Gasteiger charge is 2.18. The molecule has 0 N–H and O–H groups in total. The second kappa shape index (κ2) is 10.00. The second-order valence-corrected chi connectivity index (χ2v) is 8.53. The van der Waals surface area contributed by atoms with E-state index in [9.17, 15) is 20.6 Å². The number of hydrogen-bond acceptors (Lipinski definition) is 4. The van der Waals surface area contributed by atoms with Crippen molar-refractivity contribution in [3.05, 3.63) is 137 Å². The molecule has 5 heteroatoms. The maximum Gasteiger partial charge on any atom is 0.277 e. The summed E-state index contributed by atoms with van der Waals surface area (Å²) in [6.45, 7) is 0. The zero-order chi connectivity index (χ0) is 25.8. The normalized spacial score (nSPS) is 10.3. The lowest BCUT2D eigenvalue weighted by Crippen LogP contribution is -1.94. The van der Waals surface area contributed by atoms with Crippen molar-refractivity contribution in [3.8, 4) is 56.6 Å². The molecular formula is C32H19N3O2. The first-order valence-electron chi connectivity index (χ1n) is 11.6. The topological polar surface area (TPSA) is 90.7 Å². The summed E-state index contributed by atoms with van der Waals surface area (Å²) in [7, 11) is 0. The van der Waals surface area contributed by atoms with Crippen LogP contribution in [0.5, 0.6) is 0 Å². The van der Waals surface area contributed by atoms with E-state index in [2.05, 4.69) is 12.1 Å². The third-order valence-corrected chi connectivity index (χ3v) is 6.24. The van der Waals surface area contributed by atoms with Crippen LogP contribution in [0.25, 0.3) is 44.5 Å². The Labute approximate surface area is 214 Å². The van der Waals surface area contributed by atoms with Gasteiger partial charge in [0, 0.05) is 6.07 Å². The maximum atomic E-state index is 12.0. The third-order valence-electron chi connectivity index (χ3n) is 6.24. The smallest absolute Gasteiger partial charge is 0.258 e. The summed E-state index contributed by atoms with van der Waals surface area (Å²) >= 11 is 0. The van der Waals surface area contributed by atoms with Gasteiger partial charge in [0.05, 0.1) is 33.8 Å². The Morgan fingerprint density at radius 2 is 0.973 bits per heavy atom. The molecule has 0 atom stereocenters.